The molecular formula is C18H20N2O2S2. The van der Waals surface area contributed by atoms with Crippen LogP contribution in [0.4, 0.5) is 0 Å². The Kier molecular flexibility index (Phi) is 7.21. The highest BCUT2D eigenvalue weighted by Gasteiger charge is 2.08. The minimum absolute atomic E-state index is 0.296. The van der Waals surface area contributed by atoms with Crippen molar-refractivity contribution in [2.75, 3.05) is 14.2 Å². The summed E-state index contributed by atoms with van der Waals surface area (Å²) in [6.07, 6.45) is 0. The number of methoxy groups -OCH3 is 2. The maximum Gasteiger partial charge on any atom is 0.119 e. The van der Waals surface area contributed by atoms with Crippen LogP contribution in [0.1, 0.15) is 11.1 Å². The minimum Gasteiger partial charge on any atom is -0.497 e. The molecule has 2 N–H and O–H groups in total. The molecule has 0 saturated carbocycles. The third-order valence-electron chi connectivity index (χ3n) is 3.29. The summed E-state index contributed by atoms with van der Waals surface area (Å²) >= 11 is 2.74. The summed E-state index contributed by atoms with van der Waals surface area (Å²) < 4.78 is 10.3. The van der Waals surface area contributed by atoms with Crippen LogP contribution in [0.15, 0.2) is 48.5 Å². The molecule has 6 heteroatoms. The van der Waals surface area contributed by atoms with Crippen LogP contribution in [-0.2, 0) is 11.5 Å². The first kappa shape index (κ1) is 18.4. The van der Waals surface area contributed by atoms with Crippen LogP contribution in [0.25, 0.3) is 0 Å². The standard InChI is InChI=1S/C18H20N2O2S2/c1-21-15-7-3-13(4-8-15)11-23-17(19)18(20)24-12-14-5-9-16(22-2)10-6-14/h3-10,19-20H,11-12H2,1-2H3. The van der Waals surface area contributed by atoms with Crippen LogP contribution in [-0.4, -0.2) is 24.3 Å². The molecule has 0 unspecified atom stereocenters. The van der Waals surface area contributed by atoms with Crippen molar-refractivity contribution in [1.29, 1.82) is 10.8 Å². The first-order valence-electron chi connectivity index (χ1n) is 7.31. The molecule has 2 aromatic carbocycles. The third-order valence-corrected chi connectivity index (χ3v) is 5.36. The fourth-order valence-electron chi connectivity index (χ4n) is 1.89. The van der Waals surface area contributed by atoms with Crippen molar-refractivity contribution in [3.63, 3.8) is 0 Å². The first-order chi connectivity index (χ1) is 11.6. The van der Waals surface area contributed by atoms with E-state index < -0.39 is 0 Å². The smallest absolute Gasteiger partial charge is 0.119 e. The van der Waals surface area contributed by atoms with E-state index in [4.69, 9.17) is 20.3 Å². The lowest BCUT2D eigenvalue weighted by Crippen LogP contribution is -2.04. The highest BCUT2D eigenvalue weighted by Crippen LogP contribution is 2.22. The zero-order chi connectivity index (χ0) is 17.4. The predicted molar refractivity (Wildman–Crippen MR) is 104 cm³/mol. The van der Waals surface area contributed by atoms with Crippen LogP contribution in [0.5, 0.6) is 11.5 Å². The normalized spacial score (nSPS) is 10.2. The van der Waals surface area contributed by atoms with Crippen molar-refractivity contribution in [3.05, 3.63) is 59.7 Å². The quantitative estimate of drug-likeness (QED) is 0.572. The Morgan fingerprint density at radius 1 is 0.708 bits per heavy atom. The average molecular weight is 361 g/mol. The van der Waals surface area contributed by atoms with Gasteiger partial charge in [-0.15, -0.1) is 0 Å². The molecule has 0 saturated heterocycles. The van der Waals surface area contributed by atoms with Crippen LogP contribution in [0.3, 0.4) is 0 Å². The predicted octanol–water partition coefficient (Wildman–Crippen LogP) is 4.82. The lowest BCUT2D eigenvalue weighted by molar-refractivity contribution is 0.414. The molecular weight excluding hydrogens is 340 g/mol. The van der Waals surface area contributed by atoms with Crippen molar-refractivity contribution in [2.24, 2.45) is 0 Å². The highest BCUT2D eigenvalue weighted by atomic mass is 32.2. The van der Waals surface area contributed by atoms with E-state index in [0.717, 1.165) is 22.6 Å². The maximum absolute atomic E-state index is 8.03. The van der Waals surface area contributed by atoms with Gasteiger partial charge in [0.25, 0.3) is 0 Å². The van der Waals surface area contributed by atoms with E-state index in [9.17, 15) is 0 Å². The molecule has 126 valence electrons. The number of hydrogen-bond donors (Lipinski definition) is 2. The topological polar surface area (TPSA) is 66.2 Å². The van der Waals surface area contributed by atoms with Gasteiger partial charge >= 0.3 is 0 Å². The highest BCUT2D eigenvalue weighted by molar-refractivity contribution is 8.24. The van der Waals surface area contributed by atoms with E-state index in [1.54, 1.807) is 14.2 Å². The molecule has 0 aromatic heterocycles. The molecule has 4 nitrogen and oxygen atoms in total. The molecule has 0 atom stereocenters. The lowest BCUT2D eigenvalue weighted by Gasteiger charge is -2.07. The van der Waals surface area contributed by atoms with E-state index in [0.29, 0.717) is 21.6 Å². The fraction of sp³-hybridized carbons (Fsp3) is 0.222. The van der Waals surface area contributed by atoms with Crippen LogP contribution >= 0.6 is 23.5 Å². The molecule has 0 fully saturated rings. The molecule has 2 aromatic rings. The molecule has 0 spiro atoms. The molecule has 24 heavy (non-hydrogen) atoms. The fourth-order valence-corrected chi connectivity index (χ4v) is 3.51. The van der Waals surface area contributed by atoms with Crippen molar-refractivity contribution >= 4 is 33.6 Å². The van der Waals surface area contributed by atoms with Crippen LogP contribution in [0.2, 0.25) is 0 Å². The SMILES string of the molecule is COc1ccc(CSC(=N)C(=N)SCc2ccc(OC)cc2)cc1. The zero-order valence-corrected chi connectivity index (χ0v) is 15.3. The Labute approximate surface area is 151 Å². The molecule has 0 aliphatic rings. The van der Waals surface area contributed by atoms with Crippen LogP contribution < -0.4 is 9.47 Å². The molecule has 0 amide bonds. The van der Waals surface area contributed by atoms with Gasteiger partial charge < -0.3 is 9.47 Å². The Morgan fingerprint density at radius 2 is 1.04 bits per heavy atom. The summed E-state index contributed by atoms with van der Waals surface area (Å²) in [5.41, 5.74) is 2.22. The van der Waals surface area contributed by atoms with Gasteiger partial charge in [0.2, 0.25) is 0 Å². The number of benzene rings is 2. The first-order valence-corrected chi connectivity index (χ1v) is 9.28. The number of ether oxygens (including phenoxy) is 2. The number of nitrogens with one attached hydrogen (secondary N) is 2. The maximum atomic E-state index is 8.03. The van der Waals surface area contributed by atoms with Gasteiger partial charge in [0, 0.05) is 11.5 Å². The van der Waals surface area contributed by atoms with E-state index >= 15 is 0 Å². The summed E-state index contributed by atoms with van der Waals surface area (Å²) in [5.74, 6) is 2.99. The monoisotopic (exact) mass is 360 g/mol. The van der Waals surface area contributed by atoms with Crippen molar-refractivity contribution in [2.45, 2.75) is 11.5 Å². The molecule has 0 radical (unpaired) electrons. The van der Waals surface area contributed by atoms with Gasteiger partial charge in [0.15, 0.2) is 0 Å². The Morgan fingerprint density at radius 3 is 1.33 bits per heavy atom. The number of thioether (sulfide) groups is 2. The van der Waals surface area contributed by atoms with Crippen molar-refractivity contribution in [3.8, 4) is 11.5 Å². The summed E-state index contributed by atoms with van der Waals surface area (Å²) in [5, 5.41) is 16.6. The zero-order valence-electron chi connectivity index (χ0n) is 13.7. The summed E-state index contributed by atoms with van der Waals surface area (Å²) in [6.45, 7) is 0. The Hall–Kier alpha value is -1.92. The van der Waals surface area contributed by atoms with Gasteiger partial charge in [-0.05, 0) is 35.4 Å². The van der Waals surface area contributed by atoms with Crippen molar-refractivity contribution in [1.82, 2.24) is 0 Å². The summed E-state index contributed by atoms with van der Waals surface area (Å²) in [7, 11) is 3.28. The Balaban J connectivity index is 1.77. The largest absolute Gasteiger partial charge is 0.497 e. The van der Waals surface area contributed by atoms with Gasteiger partial charge in [-0.25, -0.2) is 0 Å². The van der Waals surface area contributed by atoms with E-state index in [-0.39, 0.29) is 0 Å². The van der Waals surface area contributed by atoms with Crippen LogP contribution in [0, 0.1) is 10.8 Å². The molecule has 0 bridgehead atoms. The van der Waals surface area contributed by atoms with Gasteiger partial charge in [-0.3, -0.25) is 10.8 Å². The molecule has 2 rings (SSSR count). The second kappa shape index (κ2) is 9.39. The van der Waals surface area contributed by atoms with E-state index in [1.165, 1.54) is 23.5 Å². The second-order valence-corrected chi connectivity index (χ2v) is 6.90. The second-order valence-electron chi connectivity index (χ2n) is 4.93. The van der Waals surface area contributed by atoms with E-state index in [2.05, 4.69) is 0 Å². The van der Waals surface area contributed by atoms with Gasteiger partial charge in [-0.1, -0.05) is 47.8 Å². The van der Waals surface area contributed by atoms with Gasteiger partial charge in [0.1, 0.15) is 21.6 Å². The number of hydrogen-bond acceptors (Lipinski definition) is 6. The van der Waals surface area contributed by atoms with Gasteiger partial charge in [0.05, 0.1) is 14.2 Å². The number of rotatable bonds is 6. The molecule has 0 aliphatic heterocycles. The van der Waals surface area contributed by atoms with Crippen molar-refractivity contribution < 1.29 is 9.47 Å². The lowest BCUT2D eigenvalue weighted by atomic mass is 10.2. The Bertz CT molecular complexity index is 624. The average Bonchev–Trinajstić information content (AvgIpc) is 2.64. The summed E-state index contributed by atoms with van der Waals surface area (Å²) in [4.78, 5) is 0. The third kappa shape index (κ3) is 5.62. The molecule has 0 heterocycles. The van der Waals surface area contributed by atoms with Gasteiger partial charge in [-0.2, -0.15) is 0 Å². The van der Waals surface area contributed by atoms with E-state index in [1.807, 2.05) is 48.5 Å². The minimum atomic E-state index is 0.296. The molecule has 0 aliphatic carbocycles. The summed E-state index contributed by atoms with van der Waals surface area (Å²) in [6, 6.07) is 15.5.